The van der Waals surface area contributed by atoms with E-state index in [1.165, 1.54) is 18.3 Å². The van der Waals surface area contributed by atoms with Gasteiger partial charge in [-0.1, -0.05) is 0 Å². The maximum absolute atomic E-state index is 16.0. The molecule has 6 aromatic rings. The van der Waals surface area contributed by atoms with Gasteiger partial charge < -0.3 is 9.88 Å². The van der Waals surface area contributed by atoms with E-state index in [1.807, 2.05) is 37.2 Å². The Labute approximate surface area is 208 Å². The Bertz CT molecular complexity index is 1780. The van der Waals surface area contributed by atoms with Crippen molar-refractivity contribution >= 4 is 44.7 Å². The topological polar surface area (TPSA) is 103 Å². The first-order valence-electron chi connectivity index (χ1n) is 11.2. The normalized spacial score (nSPS) is 11.4. The number of fused-ring (bicyclic) bond motifs is 2. The number of aromatic amines is 2. The molecule has 36 heavy (non-hydrogen) atoms. The van der Waals surface area contributed by atoms with Crippen LogP contribution < -0.4 is 4.90 Å². The van der Waals surface area contributed by atoms with Crippen LogP contribution in [0.2, 0.25) is 0 Å². The van der Waals surface area contributed by atoms with E-state index in [2.05, 4.69) is 25.1 Å². The summed E-state index contributed by atoms with van der Waals surface area (Å²) in [5.74, 6) is 0.0175. The van der Waals surface area contributed by atoms with Crippen molar-refractivity contribution in [3.63, 3.8) is 0 Å². The summed E-state index contributed by atoms with van der Waals surface area (Å²) in [5.41, 5.74) is 4.92. The number of anilines is 1. The van der Waals surface area contributed by atoms with Gasteiger partial charge in [0.25, 0.3) is 0 Å². The number of hydrogen-bond acceptors (Lipinski definition) is 7. The predicted molar refractivity (Wildman–Crippen MR) is 140 cm³/mol. The van der Waals surface area contributed by atoms with Crippen molar-refractivity contribution < 1.29 is 9.18 Å². The summed E-state index contributed by atoms with van der Waals surface area (Å²) >= 11 is 1.37. The number of ketones is 1. The van der Waals surface area contributed by atoms with Gasteiger partial charge in [0.15, 0.2) is 11.6 Å². The van der Waals surface area contributed by atoms with Crippen LogP contribution in [-0.2, 0) is 0 Å². The molecule has 8 nitrogen and oxygen atoms in total. The molecule has 0 amide bonds. The molecule has 2 N–H and O–H groups in total. The van der Waals surface area contributed by atoms with Crippen LogP contribution in [0.15, 0.2) is 55.0 Å². The number of nitrogens with one attached hydrogen (secondary N) is 2. The standard InChI is InChI=1S/C26H20FN7OS/c1-13(35)19-6-7-20(36-19)24-23-18(8-9-29-24)30-26(31-23)25-21-17(32-33-25)5-4-16(22(21)27)14-10-15(34(2)3)12-28-11-14/h4-12H,1-3H3,(H,30,31)(H,32,33). The average Bonchev–Trinajstić information content (AvgIpc) is 3.61. The molecule has 5 aromatic heterocycles. The van der Waals surface area contributed by atoms with E-state index in [-0.39, 0.29) is 5.78 Å². The maximum atomic E-state index is 16.0. The first kappa shape index (κ1) is 22.1. The van der Waals surface area contributed by atoms with Crippen molar-refractivity contribution in [3.05, 3.63) is 65.7 Å². The van der Waals surface area contributed by atoms with E-state index in [1.54, 1.807) is 36.8 Å². The zero-order valence-electron chi connectivity index (χ0n) is 19.6. The van der Waals surface area contributed by atoms with Crippen LogP contribution in [-0.4, -0.2) is 50.0 Å². The third-order valence-electron chi connectivity index (χ3n) is 6.03. The quantitative estimate of drug-likeness (QED) is 0.296. The van der Waals surface area contributed by atoms with E-state index in [4.69, 9.17) is 4.98 Å². The molecular weight excluding hydrogens is 477 g/mol. The third-order valence-corrected chi connectivity index (χ3v) is 7.22. The van der Waals surface area contributed by atoms with Gasteiger partial charge in [-0.3, -0.25) is 19.9 Å². The van der Waals surface area contributed by atoms with Gasteiger partial charge in [-0.25, -0.2) is 9.37 Å². The number of nitrogens with zero attached hydrogens (tertiary/aromatic N) is 5. The molecule has 0 aliphatic heterocycles. The summed E-state index contributed by atoms with van der Waals surface area (Å²) in [7, 11) is 3.83. The van der Waals surface area contributed by atoms with Gasteiger partial charge >= 0.3 is 0 Å². The van der Waals surface area contributed by atoms with Gasteiger partial charge in [0.1, 0.15) is 22.7 Å². The Morgan fingerprint density at radius 2 is 1.92 bits per heavy atom. The summed E-state index contributed by atoms with van der Waals surface area (Å²) in [4.78, 5) is 32.0. The predicted octanol–water partition coefficient (Wildman–Crippen LogP) is 5.70. The number of rotatable bonds is 5. The zero-order chi connectivity index (χ0) is 25.0. The average molecular weight is 498 g/mol. The highest BCUT2D eigenvalue weighted by Crippen LogP contribution is 2.36. The lowest BCUT2D eigenvalue weighted by Gasteiger charge is -2.13. The Morgan fingerprint density at radius 1 is 1.06 bits per heavy atom. The Balaban J connectivity index is 1.50. The number of aromatic nitrogens is 6. The highest BCUT2D eigenvalue weighted by atomic mass is 32.1. The lowest BCUT2D eigenvalue weighted by atomic mass is 10.0. The number of pyridine rings is 2. The van der Waals surface area contributed by atoms with E-state index in [0.29, 0.717) is 49.6 Å². The summed E-state index contributed by atoms with van der Waals surface area (Å²) in [6.07, 6.45) is 5.06. The molecule has 0 unspecified atom stereocenters. The number of Topliss-reactive ketones (excluding diaryl/α,β-unsaturated/α-hetero) is 1. The number of thiophene rings is 1. The molecule has 0 atom stereocenters. The van der Waals surface area contributed by atoms with Gasteiger partial charge in [-0.15, -0.1) is 11.3 Å². The fourth-order valence-electron chi connectivity index (χ4n) is 4.17. The second kappa shape index (κ2) is 8.35. The number of hydrogen-bond donors (Lipinski definition) is 2. The molecule has 6 rings (SSSR count). The zero-order valence-corrected chi connectivity index (χ0v) is 20.4. The van der Waals surface area contributed by atoms with Crippen LogP contribution in [0, 0.1) is 5.82 Å². The van der Waals surface area contributed by atoms with Crippen molar-refractivity contribution in [2.24, 2.45) is 0 Å². The van der Waals surface area contributed by atoms with Crippen molar-refractivity contribution in [3.8, 4) is 33.2 Å². The van der Waals surface area contributed by atoms with E-state index < -0.39 is 5.82 Å². The van der Waals surface area contributed by atoms with Crippen molar-refractivity contribution in [2.75, 3.05) is 19.0 Å². The highest BCUT2D eigenvalue weighted by molar-refractivity contribution is 7.17. The minimum absolute atomic E-state index is 0.00160. The van der Waals surface area contributed by atoms with Crippen LogP contribution in [0.3, 0.4) is 0 Å². The summed E-state index contributed by atoms with van der Waals surface area (Å²) in [6.45, 7) is 1.54. The number of carbonyl (C=O) groups excluding carboxylic acids is 1. The molecule has 0 saturated carbocycles. The lowest BCUT2D eigenvalue weighted by molar-refractivity contribution is 0.102. The maximum Gasteiger partial charge on any atom is 0.169 e. The number of H-pyrrole nitrogens is 2. The van der Waals surface area contributed by atoms with Crippen molar-refractivity contribution in [2.45, 2.75) is 6.92 Å². The molecule has 0 aliphatic carbocycles. The molecule has 0 bridgehead atoms. The van der Waals surface area contributed by atoms with Gasteiger partial charge in [-0.05, 0) is 43.3 Å². The molecule has 10 heteroatoms. The summed E-state index contributed by atoms with van der Waals surface area (Å²) in [5, 5.41) is 7.64. The second-order valence-corrected chi connectivity index (χ2v) is 9.69. The third kappa shape index (κ3) is 3.54. The van der Waals surface area contributed by atoms with Crippen LogP contribution in [0.1, 0.15) is 16.6 Å². The molecule has 0 radical (unpaired) electrons. The summed E-state index contributed by atoms with van der Waals surface area (Å²) in [6, 6.07) is 10.9. The van der Waals surface area contributed by atoms with Crippen molar-refractivity contribution in [1.29, 1.82) is 0 Å². The van der Waals surface area contributed by atoms with Gasteiger partial charge in [-0.2, -0.15) is 5.10 Å². The first-order chi connectivity index (χ1) is 17.4. The number of halogens is 1. The fourth-order valence-corrected chi connectivity index (χ4v) is 5.07. The van der Waals surface area contributed by atoms with Crippen LogP contribution in [0.4, 0.5) is 10.1 Å². The molecule has 0 aliphatic rings. The minimum Gasteiger partial charge on any atom is -0.376 e. The highest BCUT2D eigenvalue weighted by Gasteiger charge is 2.21. The molecule has 178 valence electrons. The fraction of sp³-hybridized carbons (Fsp3) is 0.115. The van der Waals surface area contributed by atoms with Crippen LogP contribution in [0.25, 0.3) is 55.2 Å². The van der Waals surface area contributed by atoms with Gasteiger partial charge in [0.05, 0.1) is 38.1 Å². The Hall–Kier alpha value is -4.44. The molecule has 0 spiro atoms. The Morgan fingerprint density at radius 3 is 2.69 bits per heavy atom. The summed E-state index contributed by atoms with van der Waals surface area (Å²) < 4.78 is 16.0. The number of carbonyl (C=O) groups is 1. The van der Waals surface area contributed by atoms with Crippen LogP contribution in [0.5, 0.6) is 0 Å². The second-order valence-electron chi connectivity index (χ2n) is 8.61. The molecule has 5 heterocycles. The number of benzene rings is 1. The van der Waals surface area contributed by atoms with E-state index in [9.17, 15) is 4.79 Å². The lowest BCUT2D eigenvalue weighted by Crippen LogP contribution is -2.08. The monoisotopic (exact) mass is 497 g/mol. The van der Waals surface area contributed by atoms with Crippen LogP contribution >= 0.6 is 11.3 Å². The number of imidazole rings is 1. The molecule has 0 fully saturated rings. The van der Waals surface area contributed by atoms with Crippen molar-refractivity contribution in [1.82, 2.24) is 30.1 Å². The largest absolute Gasteiger partial charge is 0.376 e. The molecule has 0 saturated heterocycles. The first-order valence-corrected chi connectivity index (χ1v) is 12.0. The SMILES string of the molecule is CC(=O)c1ccc(-c2nccc3[nH]c(-c4n[nH]c5ccc(-c6cncc(N(C)C)c6)c(F)c45)nc23)s1. The Kier molecular flexibility index (Phi) is 5.11. The smallest absolute Gasteiger partial charge is 0.169 e. The molecule has 1 aromatic carbocycles. The minimum atomic E-state index is -0.405. The van der Waals surface area contributed by atoms with E-state index in [0.717, 1.165) is 16.1 Å². The van der Waals surface area contributed by atoms with Gasteiger partial charge in [0.2, 0.25) is 0 Å². The van der Waals surface area contributed by atoms with Gasteiger partial charge in [0, 0.05) is 37.6 Å². The molecular formula is C26H20FN7OS. The van der Waals surface area contributed by atoms with E-state index >= 15 is 4.39 Å².